The van der Waals surface area contributed by atoms with Crippen molar-refractivity contribution in [2.24, 2.45) is 0 Å². The summed E-state index contributed by atoms with van der Waals surface area (Å²) < 4.78 is 15.3. The normalized spacial score (nSPS) is 12.0. The van der Waals surface area contributed by atoms with Crippen molar-refractivity contribution in [3.63, 3.8) is 0 Å². The SMILES string of the molecule is c1ccc(-n2c3ccccc3c3c(N(c4ccc5c(ccc6oc7ccccc7c65)c4)c4cccc5c4oc4ccccc45)cccc32)cc1. The third kappa shape index (κ3) is 3.81. The molecule has 0 aliphatic rings. The van der Waals surface area contributed by atoms with Gasteiger partial charge in [-0.1, -0.05) is 103 Å². The molecule has 0 bridgehead atoms. The molecule has 8 aromatic carbocycles. The Balaban J connectivity index is 1.25. The van der Waals surface area contributed by atoms with E-state index in [-0.39, 0.29) is 0 Å². The van der Waals surface area contributed by atoms with Crippen LogP contribution in [0.3, 0.4) is 0 Å². The van der Waals surface area contributed by atoms with E-state index in [1.54, 1.807) is 0 Å². The van der Waals surface area contributed by atoms with Gasteiger partial charge in [0.05, 0.1) is 22.4 Å². The van der Waals surface area contributed by atoms with Crippen molar-refractivity contribution in [3.05, 3.63) is 170 Å². The number of aromatic nitrogens is 1. The first-order valence-corrected chi connectivity index (χ1v) is 16.9. The Labute approximate surface area is 286 Å². The van der Waals surface area contributed by atoms with E-state index in [0.717, 1.165) is 88.4 Å². The lowest BCUT2D eigenvalue weighted by atomic mass is 10.0. The predicted molar refractivity (Wildman–Crippen MR) is 208 cm³/mol. The first kappa shape index (κ1) is 27.2. The molecule has 0 saturated heterocycles. The van der Waals surface area contributed by atoms with E-state index in [4.69, 9.17) is 8.83 Å². The topological polar surface area (TPSA) is 34.5 Å². The summed E-state index contributed by atoms with van der Waals surface area (Å²) in [6.45, 7) is 0. The van der Waals surface area contributed by atoms with Crippen molar-refractivity contribution >= 4 is 93.5 Å². The van der Waals surface area contributed by atoms with Crippen molar-refractivity contribution in [1.29, 1.82) is 0 Å². The van der Waals surface area contributed by atoms with E-state index in [0.29, 0.717) is 0 Å². The Morgan fingerprint density at radius 3 is 1.96 bits per heavy atom. The number of benzene rings is 8. The summed E-state index contributed by atoms with van der Waals surface area (Å²) in [5, 5.41) is 9.14. The maximum Gasteiger partial charge on any atom is 0.159 e. The van der Waals surface area contributed by atoms with Gasteiger partial charge in [0.15, 0.2) is 5.58 Å². The maximum absolute atomic E-state index is 6.71. The van der Waals surface area contributed by atoms with Crippen LogP contribution in [-0.4, -0.2) is 4.57 Å². The highest BCUT2D eigenvalue weighted by Gasteiger charge is 2.24. The number of hydrogen-bond acceptors (Lipinski definition) is 3. The van der Waals surface area contributed by atoms with Crippen LogP contribution in [0.5, 0.6) is 0 Å². The zero-order chi connectivity index (χ0) is 32.8. The lowest BCUT2D eigenvalue weighted by molar-refractivity contribution is 0.669. The van der Waals surface area contributed by atoms with Crippen LogP contribution >= 0.6 is 0 Å². The molecule has 0 unspecified atom stereocenters. The van der Waals surface area contributed by atoms with Crippen LogP contribution in [0.4, 0.5) is 17.1 Å². The highest BCUT2D eigenvalue weighted by Crippen LogP contribution is 2.47. The molecule has 234 valence electrons. The average molecular weight is 641 g/mol. The average Bonchev–Trinajstić information content (AvgIpc) is 3.86. The van der Waals surface area contributed by atoms with E-state index < -0.39 is 0 Å². The fourth-order valence-corrected chi connectivity index (χ4v) is 8.04. The first-order chi connectivity index (χ1) is 24.8. The maximum atomic E-state index is 6.71. The minimum atomic E-state index is 0.855. The quantitative estimate of drug-likeness (QED) is 0.192. The monoisotopic (exact) mass is 640 g/mol. The number of furan rings is 2. The second-order valence-corrected chi connectivity index (χ2v) is 12.9. The number of para-hydroxylation sites is 5. The van der Waals surface area contributed by atoms with Crippen molar-refractivity contribution in [2.45, 2.75) is 0 Å². The van der Waals surface area contributed by atoms with Crippen LogP contribution in [-0.2, 0) is 0 Å². The number of rotatable bonds is 4. The summed E-state index contributed by atoms with van der Waals surface area (Å²) in [6, 6.07) is 60.1. The molecule has 0 N–H and O–H groups in total. The third-order valence-corrected chi connectivity index (χ3v) is 10.2. The Morgan fingerprint density at radius 1 is 0.400 bits per heavy atom. The highest BCUT2D eigenvalue weighted by atomic mass is 16.3. The minimum absolute atomic E-state index is 0.855. The van der Waals surface area contributed by atoms with Crippen LogP contribution in [0, 0.1) is 0 Å². The second kappa shape index (κ2) is 10.4. The van der Waals surface area contributed by atoms with Gasteiger partial charge in [-0.25, -0.2) is 0 Å². The molecule has 3 heterocycles. The van der Waals surface area contributed by atoms with Crippen LogP contribution in [0.1, 0.15) is 0 Å². The molecule has 11 rings (SSSR count). The summed E-state index contributed by atoms with van der Waals surface area (Å²) in [4.78, 5) is 2.38. The number of anilines is 3. The Hall–Kier alpha value is -6.78. The molecule has 0 amide bonds. The van der Waals surface area contributed by atoms with Crippen molar-refractivity contribution in [1.82, 2.24) is 4.57 Å². The highest BCUT2D eigenvalue weighted by molar-refractivity contribution is 6.21. The van der Waals surface area contributed by atoms with Crippen molar-refractivity contribution in [2.75, 3.05) is 4.90 Å². The molecular weight excluding hydrogens is 613 g/mol. The summed E-state index contributed by atoms with van der Waals surface area (Å²) in [7, 11) is 0. The second-order valence-electron chi connectivity index (χ2n) is 12.9. The smallest absolute Gasteiger partial charge is 0.159 e. The van der Waals surface area contributed by atoms with Gasteiger partial charge >= 0.3 is 0 Å². The van der Waals surface area contributed by atoms with Gasteiger partial charge in [0, 0.05) is 43.7 Å². The van der Waals surface area contributed by atoms with E-state index in [1.807, 2.05) is 24.3 Å². The van der Waals surface area contributed by atoms with Gasteiger partial charge < -0.3 is 18.3 Å². The van der Waals surface area contributed by atoms with Crippen LogP contribution < -0.4 is 4.90 Å². The zero-order valence-electron chi connectivity index (χ0n) is 26.9. The van der Waals surface area contributed by atoms with Gasteiger partial charge in [-0.15, -0.1) is 0 Å². The molecule has 11 aromatic rings. The Bertz CT molecular complexity index is 3110. The molecule has 0 aliphatic carbocycles. The van der Waals surface area contributed by atoms with Gasteiger partial charge in [-0.3, -0.25) is 0 Å². The van der Waals surface area contributed by atoms with Gasteiger partial charge in [0.1, 0.15) is 16.7 Å². The Kier molecular flexibility index (Phi) is 5.63. The van der Waals surface area contributed by atoms with Crippen LogP contribution in [0.25, 0.3) is 82.1 Å². The summed E-state index contributed by atoms with van der Waals surface area (Å²) >= 11 is 0. The Morgan fingerprint density at radius 2 is 1.08 bits per heavy atom. The van der Waals surface area contributed by atoms with E-state index >= 15 is 0 Å². The molecule has 3 aromatic heterocycles. The van der Waals surface area contributed by atoms with E-state index in [2.05, 4.69) is 155 Å². The van der Waals surface area contributed by atoms with Crippen molar-refractivity contribution in [3.8, 4) is 5.69 Å². The zero-order valence-corrected chi connectivity index (χ0v) is 26.9. The van der Waals surface area contributed by atoms with E-state index in [9.17, 15) is 0 Å². The number of hydrogen-bond donors (Lipinski definition) is 0. The summed E-state index contributed by atoms with van der Waals surface area (Å²) in [5.41, 5.74) is 10.1. The summed E-state index contributed by atoms with van der Waals surface area (Å²) in [5.74, 6) is 0. The largest absolute Gasteiger partial charge is 0.456 e. The van der Waals surface area contributed by atoms with Gasteiger partial charge in [-0.2, -0.15) is 0 Å². The number of nitrogens with zero attached hydrogens (tertiary/aromatic N) is 2. The molecule has 0 atom stereocenters. The van der Waals surface area contributed by atoms with E-state index in [1.165, 1.54) is 10.8 Å². The number of fused-ring (bicyclic) bond motifs is 11. The van der Waals surface area contributed by atoms with Gasteiger partial charge in [-0.05, 0) is 77.5 Å². The van der Waals surface area contributed by atoms with Crippen LogP contribution in [0.15, 0.2) is 179 Å². The van der Waals surface area contributed by atoms with Crippen molar-refractivity contribution < 1.29 is 8.83 Å². The summed E-state index contributed by atoms with van der Waals surface area (Å²) in [6.07, 6.45) is 0. The molecule has 4 heteroatoms. The third-order valence-electron chi connectivity index (χ3n) is 10.2. The fraction of sp³-hybridized carbons (Fsp3) is 0. The van der Waals surface area contributed by atoms with Gasteiger partial charge in [0.25, 0.3) is 0 Å². The molecule has 0 fully saturated rings. The minimum Gasteiger partial charge on any atom is -0.456 e. The predicted octanol–water partition coefficient (Wildman–Crippen LogP) is 13.2. The lowest BCUT2D eigenvalue weighted by Crippen LogP contribution is -2.10. The fourth-order valence-electron chi connectivity index (χ4n) is 8.04. The first-order valence-electron chi connectivity index (χ1n) is 16.9. The van der Waals surface area contributed by atoms with Crippen LogP contribution in [0.2, 0.25) is 0 Å². The lowest BCUT2D eigenvalue weighted by Gasteiger charge is -2.27. The molecule has 4 nitrogen and oxygen atoms in total. The molecular formula is C46H28N2O2. The standard InChI is InChI=1S/C46H28N2O2/c1-2-12-30(13-3-1)47-37-18-7-4-15-35(37)45-38(47)19-11-20-39(45)48(40-21-10-17-34-33-14-5-8-22-41(33)50-46(34)40)31-25-26-32-29(28-31)24-27-43-44(32)36-16-6-9-23-42(36)49-43/h1-28H. The molecule has 0 spiro atoms. The molecule has 0 aliphatic heterocycles. The van der Waals surface area contributed by atoms with Gasteiger partial charge in [0.2, 0.25) is 0 Å². The molecule has 0 saturated carbocycles. The molecule has 50 heavy (non-hydrogen) atoms. The molecule has 0 radical (unpaired) electrons.